The minimum absolute atomic E-state index is 0.0951. The Labute approximate surface area is 141 Å². The molecule has 1 heterocycles. The lowest BCUT2D eigenvalue weighted by atomic mass is 9.72. The van der Waals surface area contributed by atoms with Crippen LogP contribution >= 0.6 is 11.3 Å². The van der Waals surface area contributed by atoms with Crippen LogP contribution in [0.3, 0.4) is 0 Å². The predicted octanol–water partition coefficient (Wildman–Crippen LogP) is 4.86. The minimum atomic E-state index is -0.127. The van der Waals surface area contributed by atoms with Crippen LogP contribution in [0.15, 0.2) is 29.6 Å². The highest BCUT2D eigenvalue weighted by atomic mass is 32.1. The summed E-state index contributed by atoms with van der Waals surface area (Å²) in [4.78, 5) is 13.9. The molecule has 0 radical (unpaired) electrons. The number of phenolic OH excluding ortho intramolecular Hbond substituents is 1. The number of thiophene rings is 1. The molecule has 1 unspecified atom stereocenters. The molecule has 23 heavy (non-hydrogen) atoms. The van der Waals surface area contributed by atoms with E-state index in [2.05, 4.69) is 26.1 Å². The van der Waals surface area contributed by atoms with Gasteiger partial charge in [0.25, 0.3) is 5.91 Å². The van der Waals surface area contributed by atoms with Gasteiger partial charge in [-0.05, 0) is 48.3 Å². The van der Waals surface area contributed by atoms with Gasteiger partial charge in [-0.1, -0.05) is 32.9 Å². The smallest absolute Gasteiger partial charge is 0.256 e. The summed E-state index contributed by atoms with van der Waals surface area (Å²) in [6.07, 6.45) is 3.15. The fraction of sp³-hybridized carbons (Fsp3) is 0.421. The Bertz CT molecular complexity index is 727. The molecule has 0 bridgehead atoms. The van der Waals surface area contributed by atoms with Crippen LogP contribution in [0.1, 0.15) is 48.0 Å². The molecule has 0 saturated heterocycles. The zero-order valence-corrected chi connectivity index (χ0v) is 14.7. The number of carbonyl (C=O) groups is 1. The summed E-state index contributed by atoms with van der Waals surface area (Å²) in [5, 5.41) is 14.6. The van der Waals surface area contributed by atoms with Crippen molar-refractivity contribution in [3.8, 4) is 5.75 Å². The Balaban J connectivity index is 1.80. The van der Waals surface area contributed by atoms with Gasteiger partial charge in [-0.2, -0.15) is 0 Å². The van der Waals surface area contributed by atoms with E-state index in [-0.39, 0.29) is 11.7 Å². The molecule has 0 saturated carbocycles. The number of para-hydroxylation sites is 2. The molecule has 1 aliphatic carbocycles. The number of carbonyl (C=O) groups excluding carboxylic acids is 1. The average Bonchev–Trinajstić information content (AvgIpc) is 2.92. The zero-order valence-electron chi connectivity index (χ0n) is 13.8. The highest BCUT2D eigenvalue weighted by Crippen LogP contribution is 2.40. The van der Waals surface area contributed by atoms with Crippen LogP contribution in [0.25, 0.3) is 0 Å². The van der Waals surface area contributed by atoms with E-state index in [1.165, 1.54) is 10.4 Å². The molecule has 2 aromatic rings. The zero-order chi connectivity index (χ0) is 16.6. The number of hydrogen-bond acceptors (Lipinski definition) is 3. The van der Waals surface area contributed by atoms with Crippen LogP contribution in [0.5, 0.6) is 5.75 Å². The number of hydrogen-bond donors (Lipinski definition) is 2. The Kier molecular flexibility index (Phi) is 4.19. The minimum Gasteiger partial charge on any atom is -0.506 e. The third-order valence-corrected chi connectivity index (χ3v) is 5.83. The van der Waals surface area contributed by atoms with Gasteiger partial charge in [0.05, 0.1) is 11.3 Å². The van der Waals surface area contributed by atoms with E-state index in [4.69, 9.17) is 0 Å². The highest BCUT2D eigenvalue weighted by Gasteiger charge is 2.31. The Hall–Kier alpha value is -1.81. The molecule has 3 nitrogen and oxygen atoms in total. The lowest BCUT2D eigenvalue weighted by molar-refractivity contribution is 0.102. The van der Waals surface area contributed by atoms with E-state index >= 15 is 0 Å². The van der Waals surface area contributed by atoms with Gasteiger partial charge in [0, 0.05) is 10.3 Å². The standard InChI is InChI=1S/C19H23NO2S/c1-19(2,3)12-8-9-13-14(11-23-17(13)10-12)18(22)20-15-6-4-5-7-16(15)21/h4-7,11-12,21H,8-10H2,1-3H3,(H,20,22). The van der Waals surface area contributed by atoms with Crippen molar-refractivity contribution < 1.29 is 9.90 Å². The molecule has 1 aromatic carbocycles. The first-order chi connectivity index (χ1) is 10.9. The topological polar surface area (TPSA) is 49.3 Å². The maximum absolute atomic E-state index is 12.6. The summed E-state index contributed by atoms with van der Waals surface area (Å²) < 4.78 is 0. The van der Waals surface area contributed by atoms with Crippen molar-refractivity contribution >= 4 is 22.9 Å². The van der Waals surface area contributed by atoms with Gasteiger partial charge in [-0.25, -0.2) is 0 Å². The van der Waals surface area contributed by atoms with E-state index in [1.54, 1.807) is 35.6 Å². The summed E-state index contributed by atoms with van der Waals surface area (Å²) in [5.41, 5.74) is 2.73. The first kappa shape index (κ1) is 16.1. The molecule has 122 valence electrons. The molecule has 0 fully saturated rings. The Morgan fingerprint density at radius 2 is 2.04 bits per heavy atom. The molecule has 2 N–H and O–H groups in total. The van der Waals surface area contributed by atoms with Gasteiger partial charge in [0.15, 0.2) is 0 Å². The van der Waals surface area contributed by atoms with E-state index in [0.717, 1.165) is 24.8 Å². The second-order valence-electron chi connectivity index (χ2n) is 7.33. The van der Waals surface area contributed by atoms with Crippen molar-refractivity contribution in [3.63, 3.8) is 0 Å². The first-order valence-electron chi connectivity index (χ1n) is 8.05. The van der Waals surface area contributed by atoms with Crippen LogP contribution < -0.4 is 5.32 Å². The summed E-state index contributed by atoms with van der Waals surface area (Å²) in [5.74, 6) is 0.638. The average molecular weight is 329 g/mol. The summed E-state index contributed by atoms with van der Waals surface area (Å²) in [6, 6.07) is 6.82. The maximum atomic E-state index is 12.6. The summed E-state index contributed by atoms with van der Waals surface area (Å²) in [6.45, 7) is 6.88. The van der Waals surface area contributed by atoms with Gasteiger partial charge in [-0.3, -0.25) is 4.79 Å². The van der Waals surface area contributed by atoms with Crippen molar-refractivity contribution in [1.29, 1.82) is 0 Å². The van der Waals surface area contributed by atoms with E-state index in [1.807, 2.05) is 5.38 Å². The number of nitrogens with one attached hydrogen (secondary N) is 1. The second-order valence-corrected chi connectivity index (χ2v) is 8.29. The number of aromatic hydroxyl groups is 1. The second kappa shape index (κ2) is 6.00. The SMILES string of the molecule is CC(C)(C)C1CCc2c(C(=O)Nc3ccccc3O)csc2C1. The van der Waals surface area contributed by atoms with Crippen LogP contribution in [-0.4, -0.2) is 11.0 Å². The third-order valence-electron chi connectivity index (χ3n) is 4.78. The third kappa shape index (κ3) is 3.27. The molecule has 0 spiro atoms. The van der Waals surface area contributed by atoms with Crippen molar-refractivity contribution in [2.75, 3.05) is 5.32 Å². The van der Waals surface area contributed by atoms with Gasteiger partial charge in [0.2, 0.25) is 0 Å². The molecule has 3 rings (SSSR count). The molecule has 1 aromatic heterocycles. The van der Waals surface area contributed by atoms with E-state index in [9.17, 15) is 9.90 Å². The number of benzene rings is 1. The lowest BCUT2D eigenvalue weighted by Gasteiger charge is -2.34. The number of fused-ring (bicyclic) bond motifs is 1. The van der Waals surface area contributed by atoms with Gasteiger partial charge >= 0.3 is 0 Å². The van der Waals surface area contributed by atoms with Gasteiger partial charge in [0.1, 0.15) is 5.75 Å². The van der Waals surface area contributed by atoms with Crippen LogP contribution in [0.2, 0.25) is 0 Å². The molecular weight excluding hydrogens is 306 g/mol. The summed E-state index contributed by atoms with van der Waals surface area (Å²) >= 11 is 1.69. The van der Waals surface area contributed by atoms with E-state index < -0.39 is 0 Å². The largest absolute Gasteiger partial charge is 0.506 e. The van der Waals surface area contributed by atoms with Crippen LogP contribution in [0, 0.1) is 11.3 Å². The number of phenols is 1. The van der Waals surface area contributed by atoms with Crippen molar-refractivity contribution in [2.24, 2.45) is 11.3 Å². The summed E-state index contributed by atoms with van der Waals surface area (Å²) in [7, 11) is 0. The quantitative estimate of drug-likeness (QED) is 0.773. The molecule has 1 aliphatic rings. The number of amides is 1. The fourth-order valence-corrected chi connectivity index (χ4v) is 4.37. The van der Waals surface area contributed by atoms with Gasteiger partial charge < -0.3 is 10.4 Å². The van der Waals surface area contributed by atoms with Crippen LogP contribution in [0.4, 0.5) is 5.69 Å². The monoisotopic (exact) mass is 329 g/mol. The van der Waals surface area contributed by atoms with Crippen molar-refractivity contribution in [2.45, 2.75) is 40.0 Å². The lowest BCUT2D eigenvalue weighted by Crippen LogP contribution is -2.27. The molecule has 4 heteroatoms. The van der Waals surface area contributed by atoms with Crippen molar-refractivity contribution in [3.05, 3.63) is 45.6 Å². The maximum Gasteiger partial charge on any atom is 0.256 e. The van der Waals surface area contributed by atoms with Gasteiger partial charge in [-0.15, -0.1) is 11.3 Å². The highest BCUT2D eigenvalue weighted by molar-refractivity contribution is 7.10. The Morgan fingerprint density at radius 3 is 2.74 bits per heavy atom. The molecular formula is C19H23NO2S. The molecule has 0 aliphatic heterocycles. The molecule has 1 atom stereocenters. The predicted molar refractivity (Wildman–Crippen MR) is 95.3 cm³/mol. The van der Waals surface area contributed by atoms with E-state index in [0.29, 0.717) is 17.0 Å². The Morgan fingerprint density at radius 1 is 1.30 bits per heavy atom. The first-order valence-corrected chi connectivity index (χ1v) is 8.93. The van der Waals surface area contributed by atoms with Crippen molar-refractivity contribution in [1.82, 2.24) is 0 Å². The van der Waals surface area contributed by atoms with Crippen LogP contribution in [-0.2, 0) is 12.8 Å². The number of rotatable bonds is 2. The number of anilines is 1. The normalized spacial score (nSPS) is 17.6. The fourth-order valence-electron chi connectivity index (χ4n) is 3.21. The molecule has 1 amide bonds.